The highest BCUT2D eigenvalue weighted by Gasteiger charge is 2.29. The Morgan fingerprint density at radius 1 is 1.17 bits per heavy atom. The number of halogens is 1. The third-order valence-corrected chi connectivity index (χ3v) is 7.48. The summed E-state index contributed by atoms with van der Waals surface area (Å²) in [6.45, 7) is 2.83. The van der Waals surface area contributed by atoms with Crippen LogP contribution in [-0.4, -0.2) is 65.7 Å². The second-order valence-corrected chi connectivity index (χ2v) is 10.5. The Labute approximate surface area is 238 Å². The third-order valence-electron chi connectivity index (χ3n) is 7.48. The van der Waals surface area contributed by atoms with Gasteiger partial charge >= 0.3 is 0 Å². The lowest BCUT2D eigenvalue weighted by molar-refractivity contribution is -0.132. The van der Waals surface area contributed by atoms with Crippen LogP contribution in [0.2, 0.25) is 0 Å². The number of likely N-dealkylation sites (tertiary alicyclic amines) is 1. The number of ether oxygens (including phenoxy) is 1. The van der Waals surface area contributed by atoms with Crippen molar-refractivity contribution in [2.24, 2.45) is 5.73 Å². The maximum atomic E-state index is 14.0. The number of aryl methyl sites for hydroxylation is 1. The summed E-state index contributed by atoms with van der Waals surface area (Å²) < 4.78 is 27.1. The summed E-state index contributed by atoms with van der Waals surface area (Å²) in [6, 6.07) is 16.8. The van der Waals surface area contributed by atoms with Crippen LogP contribution in [0, 0.1) is 5.82 Å². The molecular formula is C31H36FN5O4. The molecular weight excluding hydrogens is 525 g/mol. The molecule has 1 fully saturated rings. The van der Waals surface area contributed by atoms with Crippen molar-refractivity contribution in [1.29, 1.82) is 0 Å². The molecule has 0 radical (unpaired) electrons. The van der Waals surface area contributed by atoms with Gasteiger partial charge in [0.1, 0.15) is 17.4 Å². The number of imidazole rings is 1. The number of nitrogens with one attached hydrogen (secondary N) is 1. The van der Waals surface area contributed by atoms with Gasteiger partial charge in [-0.3, -0.25) is 9.59 Å². The third kappa shape index (κ3) is 6.66. The largest absolute Gasteiger partial charge is 0.451 e. The van der Waals surface area contributed by atoms with Crippen molar-refractivity contribution in [3.8, 4) is 11.3 Å². The first-order valence-corrected chi connectivity index (χ1v) is 14.0. The SMILES string of the molecule is COCCCn1c([C@@H]2CCCN(C(=O)C[C@H](N)CNC(=O)c3ccc(-c4ccccc4F)o3)C2)nc2ccccc21. The molecule has 2 aromatic carbocycles. The van der Waals surface area contributed by atoms with Gasteiger partial charge in [-0.05, 0) is 55.7 Å². The van der Waals surface area contributed by atoms with Crippen LogP contribution in [0.1, 0.15) is 48.0 Å². The molecule has 41 heavy (non-hydrogen) atoms. The number of furan rings is 1. The van der Waals surface area contributed by atoms with Crippen molar-refractivity contribution < 1.29 is 23.1 Å². The minimum Gasteiger partial charge on any atom is -0.451 e. The zero-order valence-electron chi connectivity index (χ0n) is 23.2. The van der Waals surface area contributed by atoms with Crippen LogP contribution in [-0.2, 0) is 16.1 Å². The van der Waals surface area contributed by atoms with Gasteiger partial charge in [-0.1, -0.05) is 24.3 Å². The molecule has 216 valence electrons. The van der Waals surface area contributed by atoms with Crippen molar-refractivity contribution in [2.45, 2.75) is 44.2 Å². The second kappa shape index (κ2) is 13.1. The molecule has 0 spiro atoms. The van der Waals surface area contributed by atoms with Gasteiger partial charge in [0.15, 0.2) is 5.76 Å². The van der Waals surface area contributed by atoms with Crippen molar-refractivity contribution in [2.75, 3.05) is 33.4 Å². The lowest BCUT2D eigenvalue weighted by Gasteiger charge is -2.33. The molecule has 1 aliphatic heterocycles. The van der Waals surface area contributed by atoms with Crippen LogP contribution in [0.15, 0.2) is 65.1 Å². The van der Waals surface area contributed by atoms with Gasteiger partial charge in [0.25, 0.3) is 5.91 Å². The molecule has 2 atom stereocenters. The fraction of sp³-hybridized carbons (Fsp3) is 0.387. The summed E-state index contributed by atoms with van der Waals surface area (Å²) in [4.78, 5) is 32.6. The predicted molar refractivity (Wildman–Crippen MR) is 154 cm³/mol. The molecule has 3 N–H and O–H groups in total. The maximum absolute atomic E-state index is 14.0. The number of nitrogens with two attached hydrogens (primary N) is 1. The number of aromatic nitrogens is 2. The second-order valence-electron chi connectivity index (χ2n) is 10.5. The van der Waals surface area contributed by atoms with Crippen LogP contribution >= 0.6 is 0 Å². The summed E-state index contributed by atoms with van der Waals surface area (Å²) in [5.41, 5.74) is 8.57. The van der Waals surface area contributed by atoms with E-state index in [1.807, 2.05) is 23.1 Å². The highest BCUT2D eigenvalue weighted by Crippen LogP contribution is 2.30. The van der Waals surface area contributed by atoms with Crippen molar-refractivity contribution in [3.05, 3.63) is 78.1 Å². The van der Waals surface area contributed by atoms with E-state index in [2.05, 4.69) is 16.0 Å². The Balaban J connectivity index is 1.16. The maximum Gasteiger partial charge on any atom is 0.287 e. The number of hydrogen-bond donors (Lipinski definition) is 2. The van der Waals surface area contributed by atoms with E-state index in [0.717, 1.165) is 42.7 Å². The van der Waals surface area contributed by atoms with Gasteiger partial charge in [0.05, 0.1) is 16.6 Å². The number of carbonyl (C=O) groups excluding carboxylic acids is 2. The number of methoxy groups -OCH3 is 1. The van der Waals surface area contributed by atoms with E-state index in [1.165, 1.54) is 12.1 Å². The first-order chi connectivity index (χ1) is 19.9. The minimum atomic E-state index is -0.563. The lowest BCUT2D eigenvalue weighted by atomic mass is 9.96. The van der Waals surface area contributed by atoms with E-state index in [0.29, 0.717) is 19.7 Å². The molecule has 2 amide bonds. The quantitative estimate of drug-likeness (QED) is 0.264. The van der Waals surface area contributed by atoms with Gasteiger partial charge in [0.2, 0.25) is 5.91 Å². The van der Waals surface area contributed by atoms with Gasteiger partial charge in [0, 0.05) is 58.3 Å². The number of amides is 2. The first kappa shape index (κ1) is 28.5. The number of nitrogens with zero attached hydrogens (tertiary/aromatic N) is 3. The summed E-state index contributed by atoms with van der Waals surface area (Å²) >= 11 is 0. The summed E-state index contributed by atoms with van der Waals surface area (Å²) in [5, 5.41) is 2.72. The molecule has 0 bridgehead atoms. The van der Waals surface area contributed by atoms with Crippen LogP contribution in [0.3, 0.4) is 0 Å². The van der Waals surface area contributed by atoms with Crippen molar-refractivity contribution >= 4 is 22.8 Å². The number of carbonyl (C=O) groups is 2. The Bertz CT molecular complexity index is 1500. The molecule has 3 heterocycles. The van der Waals surface area contributed by atoms with Crippen molar-refractivity contribution in [3.63, 3.8) is 0 Å². The normalized spacial score (nSPS) is 16.2. The fourth-order valence-corrected chi connectivity index (χ4v) is 5.42. The number of rotatable bonds is 11. The standard InChI is InChI=1S/C31H36FN5O4/c1-40-17-7-16-37-26-12-5-4-11-25(26)35-30(37)21-8-6-15-36(20-21)29(38)18-22(33)19-34-31(39)28-14-13-27(41-28)23-9-2-3-10-24(23)32/h2-5,9-14,21-22H,6-8,15-20,33H2,1H3,(H,34,39)/t21-,22+/m1/s1. The number of hydrogen-bond acceptors (Lipinski definition) is 6. The molecule has 9 nitrogen and oxygen atoms in total. The molecule has 10 heteroatoms. The van der Waals surface area contributed by atoms with Crippen LogP contribution in [0.4, 0.5) is 4.39 Å². The van der Waals surface area contributed by atoms with Crippen molar-refractivity contribution in [1.82, 2.24) is 19.8 Å². The van der Waals surface area contributed by atoms with Crippen LogP contribution in [0.25, 0.3) is 22.4 Å². The number of piperidine rings is 1. The fourth-order valence-electron chi connectivity index (χ4n) is 5.42. The van der Waals surface area contributed by atoms with E-state index in [1.54, 1.807) is 31.4 Å². The van der Waals surface area contributed by atoms with E-state index in [-0.39, 0.29) is 41.9 Å². The Morgan fingerprint density at radius 2 is 1.98 bits per heavy atom. The first-order valence-electron chi connectivity index (χ1n) is 14.0. The van der Waals surface area contributed by atoms with E-state index < -0.39 is 17.8 Å². The molecule has 0 aliphatic carbocycles. The van der Waals surface area contributed by atoms with E-state index >= 15 is 0 Å². The molecule has 0 saturated carbocycles. The highest BCUT2D eigenvalue weighted by atomic mass is 19.1. The summed E-state index contributed by atoms with van der Waals surface area (Å²) in [5.74, 6) is 0.497. The Kier molecular flexibility index (Phi) is 9.11. The van der Waals surface area contributed by atoms with Crippen LogP contribution < -0.4 is 11.1 Å². The van der Waals surface area contributed by atoms with Gasteiger partial charge < -0.3 is 29.7 Å². The molecule has 2 aromatic heterocycles. The van der Waals surface area contributed by atoms with E-state index in [4.69, 9.17) is 19.9 Å². The Hall–Kier alpha value is -4.02. The average Bonchev–Trinajstić information content (AvgIpc) is 3.62. The van der Waals surface area contributed by atoms with Gasteiger partial charge in [-0.25, -0.2) is 9.37 Å². The zero-order chi connectivity index (χ0) is 28.8. The van der Waals surface area contributed by atoms with Gasteiger partial charge in [-0.2, -0.15) is 0 Å². The molecule has 4 aromatic rings. The summed E-state index contributed by atoms with van der Waals surface area (Å²) in [6.07, 6.45) is 2.82. The summed E-state index contributed by atoms with van der Waals surface area (Å²) in [7, 11) is 1.70. The monoisotopic (exact) mass is 561 g/mol. The van der Waals surface area contributed by atoms with E-state index in [9.17, 15) is 14.0 Å². The van der Waals surface area contributed by atoms with Crippen LogP contribution in [0.5, 0.6) is 0 Å². The molecule has 0 unspecified atom stereocenters. The Morgan fingerprint density at radius 3 is 2.80 bits per heavy atom. The number of para-hydroxylation sites is 2. The number of benzene rings is 2. The minimum absolute atomic E-state index is 0.0432. The molecule has 1 saturated heterocycles. The molecule has 5 rings (SSSR count). The lowest BCUT2D eigenvalue weighted by Crippen LogP contribution is -2.45. The average molecular weight is 562 g/mol. The highest BCUT2D eigenvalue weighted by molar-refractivity contribution is 5.92. The predicted octanol–water partition coefficient (Wildman–Crippen LogP) is 4.33. The van der Waals surface area contributed by atoms with Gasteiger partial charge in [-0.15, -0.1) is 0 Å². The molecule has 1 aliphatic rings. The number of fused-ring (bicyclic) bond motifs is 1. The topological polar surface area (TPSA) is 116 Å². The zero-order valence-corrected chi connectivity index (χ0v) is 23.2. The smallest absolute Gasteiger partial charge is 0.287 e.